The zero-order chi connectivity index (χ0) is 17.7. The number of methoxy groups -OCH3 is 4. The van der Waals surface area contributed by atoms with E-state index in [1.54, 1.807) is 40.6 Å². The van der Waals surface area contributed by atoms with Crippen molar-refractivity contribution in [3.05, 3.63) is 17.7 Å². The number of hydrogen-bond donors (Lipinski definition) is 1. The summed E-state index contributed by atoms with van der Waals surface area (Å²) in [4.78, 5) is 14.5. The van der Waals surface area contributed by atoms with Gasteiger partial charge in [0.25, 0.3) is 0 Å². The Morgan fingerprint density at radius 1 is 1.12 bits per heavy atom. The quantitative estimate of drug-likeness (QED) is 0.789. The van der Waals surface area contributed by atoms with Crippen molar-refractivity contribution in [2.75, 3.05) is 48.6 Å². The smallest absolute Gasteiger partial charge is 0.224 e. The van der Waals surface area contributed by atoms with E-state index in [1.807, 2.05) is 7.05 Å². The predicted octanol–water partition coefficient (Wildman–Crippen LogP) is 0.700. The highest BCUT2D eigenvalue weighted by Crippen LogP contribution is 2.38. The summed E-state index contributed by atoms with van der Waals surface area (Å²) in [6, 6.07) is 3.57. The average Bonchev–Trinajstić information content (AvgIpc) is 2.92. The first kappa shape index (κ1) is 18.4. The number of likely N-dealkylation sites (N-methyl/N-ethyl adjacent to an activating group) is 1. The molecule has 0 spiro atoms. The molecule has 1 aliphatic heterocycles. The Hall–Kier alpha value is -1.99. The zero-order valence-electron chi connectivity index (χ0n) is 14.9. The standard InChI is InChI=1S/C17H26N2O5/c1-19-9-12(15(10-19)23-4)18-16(20)8-11-6-13(21-2)17(24-5)14(7-11)22-3/h6-7,12,15H,8-10H2,1-5H3,(H,18,20)/t12-,15-/m0/s1. The van der Waals surface area contributed by atoms with Crippen molar-refractivity contribution in [1.29, 1.82) is 0 Å². The number of carbonyl (C=O) groups is 1. The van der Waals surface area contributed by atoms with Gasteiger partial charge in [-0.1, -0.05) is 0 Å². The highest BCUT2D eigenvalue weighted by Gasteiger charge is 2.31. The van der Waals surface area contributed by atoms with Crippen LogP contribution in [0.5, 0.6) is 17.2 Å². The largest absolute Gasteiger partial charge is 0.493 e. The van der Waals surface area contributed by atoms with Crippen LogP contribution in [0.15, 0.2) is 12.1 Å². The Balaban J connectivity index is 2.08. The van der Waals surface area contributed by atoms with Gasteiger partial charge in [0.15, 0.2) is 11.5 Å². The molecule has 1 aromatic carbocycles. The third-order valence-corrected chi connectivity index (χ3v) is 4.19. The number of benzene rings is 1. The Labute approximate surface area is 142 Å². The highest BCUT2D eigenvalue weighted by atomic mass is 16.5. The van der Waals surface area contributed by atoms with Crippen LogP contribution in [0.2, 0.25) is 0 Å². The Bertz CT molecular complexity index is 553. The zero-order valence-corrected chi connectivity index (χ0v) is 14.9. The van der Waals surface area contributed by atoms with Gasteiger partial charge in [0, 0.05) is 20.2 Å². The van der Waals surface area contributed by atoms with E-state index in [1.165, 1.54) is 0 Å². The summed E-state index contributed by atoms with van der Waals surface area (Å²) < 4.78 is 21.4. The summed E-state index contributed by atoms with van der Waals surface area (Å²) in [7, 11) is 8.34. The molecule has 7 heteroatoms. The van der Waals surface area contributed by atoms with Gasteiger partial charge in [0.1, 0.15) is 0 Å². The molecule has 1 N–H and O–H groups in total. The summed E-state index contributed by atoms with van der Waals surface area (Å²) in [6.07, 6.45) is 0.242. The number of carbonyl (C=O) groups excluding carboxylic acids is 1. The van der Waals surface area contributed by atoms with Crippen LogP contribution in [0.4, 0.5) is 0 Å². The summed E-state index contributed by atoms with van der Waals surface area (Å²) in [5.74, 6) is 1.53. The van der Waals surface area contributed by atoms with Crippen molar-refractivity contribution in [2.24, 2.45) is 0 Å². The van der Waals surface area contributed by atoms with Gasteiger partial charge >= 0.3 is 0 Å². The fourth-order valence-electron chi connectivity index (χ4n) is 3.02. The maximum Gasteiger partial charge on any atom is 0.224 e. The molecule has 1 fully saturated rings. The number of likely N-dealkylation sites (tertiary alicyclic amines) is 1. The summed E-state index contributed by atoms with van der Waals surface area (Å²) in [5, 5.41) is 3.04. The summed E-state index contributed by atoms with van der Waals surface area (Å²) in [6.45, 7) is 1.59. The normalized spacial score (nSPS) is 20.7. The minimum absolute atomic E-state index is 0.00506. The third kappa shape index (κ3) is 4.10. The lowest BCUT2D eigenvalue weighted by molar-refractivity contribution is -0.121. The van der Waals surface area contributed by atoms with E-state index in [0.29, 0.717) is 17.2 Å². The highest BCUT2D eigenvalue weighted by molar-refractivity contribution is 5.79. The van der Waals surface area contributed by atoms with Gasteiger partial charge in [0.2, 0.25) is 11.7 Å². The fourth-order valence-corrected chi connectivity index (χ4v) is 3.02. The van der Waals surface area contributed by atoms with Gasteiger partial charge in [-0.15, -0.1) is 0 Å². The van der Waals surface area contributed by atoms with Crippen LogP contribution < -0.4 is 19.5 Å². The second-order valence-corrected chi connectivity index (χ2v) is 5.88. The third-order valence-electron chi connectivity index (χ3n) is 4.19. The van der Waals surface area contributed by atoms with E-state index in [9.17, 15) is 4.79 Å². The van der Waals surface area contributed by atoms with E-state index < -0.39 is 0 Å². The minimum atomic E-state index is -0.0633. The van der Waals surface area contributed by atoms with E-state index in [4.69, 9.17) is 18.9 Å². The SMILES string of the molecule is COc1cc(CC(=O)N[C@H]2CN(C)C[C@@H]2OC)cc(OC)c1OC. The molecule has 1 saturated heterocycles. The molecule has 0 saturated carbocycles. The first-order valence-corrected chi connectivity index (χ1v) is 7.82. The van der Waals surface area contributed by atoms with Crippen molar-refractivity contribution in [3.63, 3.8) is 0 Å². The maximum atomic E-state index is 12.4. The van der Waals surface area contributed by atoms with E-state index in [0.717, 1.165) is 18.7 Å². The van der Waals surface area contributed by atoms with Crippen LogP contribution in [-0.2, 0) is 16.0 Å². The lowest BCUT2D eigenvalue weighted by atomic mass is 10.1. The number of ether oxygens (including phenoxy) is 4. The first-order valence-electron chi connectivity index (χ1n) is 7.82. The van der Waals surface area contributed by atoms with Gasteiger partial charge in [-0.25, -0.2) is 0 Å². The Morgan fingerprint density at radius 3 is 2.25 bits per heavy atom. The van der Waals surface area contributed by atoms with E-state index >= 15 is 0 Å². The molecule has 0 bridgehead atoms. The molecule has 1 aliphatic rings. The second-order valence-electron chi connectivity index (χ2n) is 5.88. The lowest BCUT2D eigenvalue weighted by Gasteiger charge is -2.19. The molecule has 0 aromatic heterocycles. The predicted molar refractivity (Wildman–Crippen MR) is 90.0 cm³/mol. The lowest BCUT2D eigenvalue weighted by Crippen LogP contribution is -2.44. The van der Waals surface area contributed by atoms with Crippen LogP contribution >= 0.6 is 0 Å². The number of nitrogens with one attached hydrogen (secondary N) is 1. The van der Waals surface area contributed by atoms with Crippen LogP contribution in [-0.4, -0.2) is 71.5 Å². The van der Waals surface area contributed by atoms with E-state index in [2.05, 4.69) is 10.2 Å². The van der Waals surface area contributed by atoms with E-state index in [-0.39, 0.29) is 24.5 Å². The van der Waals surface area contributed by atoms with Crippen molar-refractivity contribution >= 4 is 5.91 Å². The molecule has 0 aliphatic carbocycles. The van der Waals surface area contributed by atoms with Crippen LogP contribution in [0.25, 0.3) is 0 Å². The number of amides is 1. The van der Waals surface area contributed by atoms with Gasteiger partial charge in [-0.05, 0) is 24.7 Å². The van der Waals surface area contributed by atoms with Crippen molar-refractivity contribution in [1.82, 2.24) is 10.2 Å². The Kier molecular flexibility index (Phi) is 6.28. The fraction of sp³-hybridized carbons (Fsp3) is 0.588. The van der Waals surface area contributed by atoms with Crippen LogP contribution in [0, 0.1) is 0 Å². The first-order chi connectivity index (χ1) is 11.5. The van der Waals surface area contributed by atoms with Crippen molar-refractivity contribution in [2.45, 2.75) is 18.6 Å². The Morgan fingerprint density at radius 2 is 1.75 bits per heavy atom. The van der Waals surface area contributed by atoms with Crippen molar-refractivity contribution in [3.8, 4) is 17.2 Å². The van der Waals surface area contributed by atoms with Crippen LogP contribution in [0.1, 0.15) is 5.56 Å². The molecule has 0 radical (unpaired) electrons. The minimum Gasteiger partial charge on any atom is -0.493 e. The molecular formula is C17H26N2O5. The summed E-state index contributed by atoms with van der Waals surface area (Å²) >= 11 is 0. The van der Waals surface area contributed by atoms with Gasteiger partial charge in [-0.3, -0.25) is 4.79 Å². The molecule has 0 unspecified atom stereocenters. The molecule has 1 aromatic rings. The summed E-state index contributed by atoms with van der Waals surface area (Å²) in [5.41, 5.74) is 0.794. The number of nitrogens with zero attached hydrogens (tertiary/aromatic N) is 1. The molecular weight excluding hydrogens is 312 g/mol. The monoisotopic (exact) mass is 338 g/mol. The average molecular weight is 338 g/mol. The molecule has 1 heterocycles. The van der Waals surface area contributed by atoms with Gasteiger partial charge in [0.05, 0.1) is 39.9 Å². The van der Waals surface area contributed by atoms with Gasteiger partial charge < -0.3 is 29.2 Å². The second kappa shape index (κ2) is 8.21. The van der Waals surface area contributed by atoms with Gasteiger partial charge in [-0.2, -0.15) is 0 Å². The van der Waals surface area contributed by atoms with Crippen LogP contribution in [0.3, 0.4) is 0 Å². The number of hydrogen-bond acceptors (Lipinski definition) is 6. The molecule has 2 atom stereocenters. The number of rotatable bonds is 7. The van der Waals surface area contributed by atoms with Crippen molar-refractivity contribution < 1.29 is 23.7 Å². The topological polar surface area (TPSA) is 69.3 Å². The molecule has 1 amide bonds. The molecule has 2 rings (SSSR count). The molecule has 7 nitrogen and oxygen atoms in total. The maximum absolute atomic E-state index is 12.4. The molecule has 134 valence electrons. The molecule has 24 heavy (non-hydrogen) atoms.